The van der Waals surface area contributed by atoms with E-state index in [1.807, 2.05) is 0 Å². The molecule has 21 heavy (non-hydrogen) atoms. The van der Waals surface area contributed by atoms with Crippen LogP contribution in [0.15, 0.2) is 42.5 Å². The third kappa shape index (κ3) is 3.32. The molecule has 0 radical (unpaired) electrons. The number of benzene rings is 2. The molecule has 2 aromatic rings. The summed E-state index contributed by atoms with van der Waals surface area (Å²) in [6, 6.07) is 11.4. The maximum absolute atomic E-state index is 12.3. The summed E-state index contributed by atoms with van der Waals surface area (Å²) in [5.74, 6) is -0.135. The van der Waals surface area contributed by atoms with E-state index in [9.17, 15) is 15.0 Å². The molecule has 0 saturated heterocycles. The molecule has 0 aliphatic carbocycles. The second-order valence-electron chi connectivity index (χ2n) is 4.60. The fourth-order valence-corrected chi connectivity index (χ4v) is 1.99. The fraction of sp³-hybridized carbons (Fsp3) is 0.188. The van der Waals surface area contributed by atoms with Crippen molar-refractivity contribution in [2.24, 2.45) is 0 Å². The second-order valence-corrected chi connectivity index (χ2v) is 4.60. The van der Waals surface area contributed by atoms with Gasteiger partial charge in [0.15, 0.2) is 0 Å². The first kappa shape index (κ1) is 14.9. The van der Waals surface area contributed by atoms with Crippen molar-refractivity contribution in [3.63, 3.8) is 0 Å². The van der Waals surface area contributed by atoms with Crippen LogP contribution in [0.4, 0.5) is 5.69 Å². The van der Waals surface area contributed by atoms with Gasteiger partial charge in [0.2, 0.25) is 0 Å². The summed E-state index contributed by atoms with van der Waals surface area (Å²) in [5.41, 5.74) is 1.21. The maximum atomic E-state index is 12.3. The molecule has 0 bridgehead atoms. The number of hydrogen-bond donors (Lipinski definition) is 3. The number of aromatic hydroxyl groups is 1. The molecule has 0 fully saturated rings. The highest BCUT2D eigenvalue weighted by molar-refractivity contribution is 6.06. The molecule has 2 rings (SSSR count). The smallest absolute Gasteiger partial charge is 0.259 e. The van der Waals surface area contributed by atoms with Gasteiger partial charge in [-0.2, -0.15) is 0 Å². The maximum Gasteiger partial charge on any atom is 0.259 e. The highest BCUT2D eigenvalue weighted by atomic mass is 16.5. The van der Waals surface area contributed by atoms with Crippen LogP contribution < -0.4 is 10.1 Å². The lowest BCUT2D eigenvalue weighted by Gasteiger charge is -2.13. The van der Waals surface area contributed by atoms with Crippen molar-refractivity contribution in [1.29, 1.82) is 0 Å². The number of nitrogens with one attached hydrogen (secondary N) is 1. The topological polar surface area (TPSA) is 78.8 Å². The number of anilines is 1. The average molecular weight is 287 g/mol. The van der Waals surface area contributed by atoms with Gasteiger partial charge in [-0.1, -0.05) is 18.2 Å². The highest BCUT2D eigenvalue weighted by Crippen LogP contribution is 2.26. The Morgan fingerprint density at radius 1 is 1.24 bits per heavy atom. The first-order valence-corrected chi connectivity index (χ1v) is 6.48. The van der Waals surface area contributed by atoms with Gasteiger partial charge in [0.05, 0.1) is 18.8 Å². The summed E-state index contributed by atoms with van der Waals surface area (Å²) >= 11 is 0. The van der Waals surface area contributed by atoms with E-state index in [0.717, 1.165) is 0 Å². The van der Waals surface area contributed by atoms with Crippen LogP contribution in [-0.2, 0) is 0 Å². The van der Waals surface area contributed by atoms with E-state index < -0.39 is 12.0 Å². The number of hydrogen-bond acceptors (Lipinski definition) is 4. The number of phenols is 1. The van der Waals surface area contributed by atoms with E-state index in [0.29, 0.717) is 17.0 Å². The summed E-state index contributed by atoms with van der Waals surface area (Å²) < 4.78 is 5.04. The first-order chi connectivity index (χ1) is 10.0. The second kappa shape index (κ2) is 6.28. The minimum Gasteiger partial charge on any atom is -0.507 e. The standard InChI is InChI=1S/C16H17NO4/c1-10(18)12-5-3-4-6-14(12)17-16(20)13-9-11(21-2)7-8-15(13)19/h3-10,18-19H,1-2H3,(H,17,20). The molecular weight excluding hydrogens is 270 g/mol. The summed E-state index contributed by atoms with van der Waals surface area (Å²) in [5, 5.41) is 22.2. The van der Waals surface area contributed by atoms with Crippen LogP contribution in [-0.4, -0.2) is 23.2 Å². The van der Waals surface area contributed by atoms with Gasteiger partial charge >= 0.3 is 0 Å². The number of aliphatic hydroxyl groups excluding tert-OH is 1. The number of ether oxygens (including phenoxy) is 1. The molecule has 3 N–H and O–H groups in total. The van der Waals surface area contributed by atoms with Crippen LogP contribution in [0.3, 0.4) is 0 Å². The molecule has 0 spiro atoms. The predicted molar refractivity (Wildman–Crippen MR) is 79.7 cm³/mol. The normalized spacial score (nSPS) is 11.8. The molecule has 5 heteroatoms. The van der Waals surface area contributed by atoms with Crippen LogP contribution in [0.25, 0.3) is 0 Å². The molecule has 0 heterocycles. The summed E-state index contributed by atoms with van der Waals surface area (Å²) in [6.45, 7) is 1.62. The van der Waals surface area contributed by atoms with Crippen molar-refractivity contribution in [2.45, 2.75) is 13.0 Å². The quantitative estimate of drug-likeness (QED) is 0.808. The van der Waals surface area contributed by atoms with Crippen molar-refractivity contribution in [1.82, 2.24) is 0 Å². The Bertz CT molecular complexity index is 652. The molecule has 1 atom stereocenters. The molecule has 0 saturated carbocycles. The Kier molecular flexibility index (Phi) is 4.45. The van der Waals surface area contributed by atoms with Gasteiger partial charge in [-0.3, -0.25) is 4.79 Å². The lowest BCUT2D eigenvalue weighted by Crippen LogP contribution is -2.14. The number of methoxy groups -OCH3 is 1. The molecule has 0 aliphatic heterocycles. The van der Waals surface area contributed by atoms with Gasteiger partial charge in [-0.25, -0.2) is 0 Å². The van der Waals surface area contributed by atoms with Crippen LogP contribution in [0.2, 0.25) is 0 Å². The predicted octanol–water partition coefficient (Wildman–Crippen LogP) is 2.71. The summed E-state index contributed by atoms with van der Waals surface area (Å²) in [6.07, 6.45) is -0.708. The van der Waals surface area contributed by atoms with E-state index in [1.165, 1.54) is 19.2 Å². The van der Waals surface area contributed by atoms with Crippen LogP contribution in [0, 0.1) is 0 Å². The Morgan fingerprint density at radius 2 is 1.95 bits per heavy atom. The van der Waals surface area contributed by atoms with Crippen LogP contribution in [0.5, 0.6) is 11.5 Å². The number of carbonyl (C=O) groups excluding carboxylic acids is 1. The largest absolute Gasteiger partial charge is 0.507 e. The monoisotopic (exact) mass is 287 g/mol. The SMILES string of the molecule is COc1ccc(O)c(C(=O)Nc2ccccc2C(C)O)c1. The number of para-hydroxylation sites is 1. The Balaban J connectivity index is 2.30. The molecule has 0 aromatic heterocycles. The number of rotatable bonds is 4. The van der Waals surface area contributed by atoms with Crippen molar-refractivity contribution in [3.05, 3.63) is 53.6 Å². The third-order valence-electron chi connectivity index (χ3n) is 3.11. The van der Waals surface area contributed by atoms with Crippen molar-refractivity contribution in [3.8, 4) is 11.5 Å². The zero-order chi connectivity index (χ0) is 15.4. The van der Waals surface area contributed by atoms with E-state index >= 15 is 0 Å². The third-order valence-corrected chi connectivity index (χ3v) is 3.11. The molecule has 2 aromatic carbocycles. The number of carbonyl (C=O) groups is 1. The lowest BCUT2D eigenvalue weighted by atomic mass is 10.1. The fourth-order valence-electron chi connectivity index (χ4n) is 1.99. The van der Waals surface area contributed by atoms with Gasteiger partial charge in [-0.05, 0) is 31.2 Å². The van der Waals surface area contributed by atoms with E-state index in [1.54, 1.807) is 37.3 Å². The zero-order valence-electron chi connectivity index (χ0n) is 11.8. The van der Waals surface area contributed by atoms with Gasteiger partial charge in [-0.15, -0.1) is 0 Å². The zero-order valence-corrected chi connectivity index (χ0v) is 11.8. The molecular formula is C16H17NO4. The minimum atomic E-state index is -0.708. The number of amides is 1. The van der Waals surface area contributed by atoms with Crippen molar-refractivity contribution in [2.75, 3.05) is 12.4 Å². The molecule has 1 amide bonds. The number of aliphatic hydroxyl groups is 1. The molecule has 110 valence electrons. The Morgan fingerprint density at radius 3 is 2.62 bits per heavy atom. The van der Waals surface area contributed by atoms with Gasteiger partial charge in [0.25, 0.3) is 5.91 Å². The Labute approximate surface area is 122 Å². The summed E-state index contributed by atoms with van der Waals surface area (Å²) in [4.78, 5) is 12.3. The van der Waals surface area contributed by atoms with E-state index in [-0.39, 0.29) is 11.3 Å². The van der Waals surface area contributed by atoms with Gasteiger partial charge in [0.1, 0.15) is 11.5 Å². The molecule has 5 nitrogen and oxygen atoms in total. The molecule has 1 unspecified atom stereocenters. The van der Waals surface area contributed by atoms with E-state index in [4.69, 9.17) is 4.74 Å². The van der Waals surface area contributed by atoms with Crippen molar-refractivity contribution < 1.29 is 19.7 Å². The van der Waals surface area contributed by atoms with Gasteiger partial charge < -0.3 is 20.3 Å². The minimum absolute atomic E-state index is 0.106. The average Bonchev–Trinajstić information content (AvgIpc) is 2.48. The van der Waals surface area contributed by atoms with E-state index in [2.05, 4.69) is 5.32 Å². The van der Waals surface area contributed by atoms with Gasteiger partial charge in [0, 0.05) is 11.3 Å². The summed E-state index contributed by atoms with van der Waals surface area (Å²) in [7, 11) is 1.48. The number of phenolic OH excluding ortho intramolecular Hbond substituents is 1. The highest BCUT2D eigenvalue weighted by Gasteiger charge is 2.15. The Hall–Kier alpha value is -2.53. The lowest BCUT2D eigenvalue weighted by molar-refractivity contribution is 0.102. The van der Waals surface area contributed by atoms with Crippen LogP contribution in [0.1, 0.15) is 28.9 Å². The van der Waals surface area contributed by atoms with Crippen molar-refractivity contribution >= 4 is 11.6 Å². The first-order valence-electron chi connectivity index (χ1n) is 6.48. The molecule has 0 aliphatic rings. The van der Waals surface area contributed by atoms with Crippen LogP contribution >= 0.6 is 0 Å².